The van der Waals surface area contributed by atoms with Crippen LogP contribution in [0.5, 0.6) is 0 Å². The highest BCUT2D eigenvalue weighted by Crippen LogP contribution is 2.15. The molecule has 0 spiro atoms. The van der Waals surface area contributed by atoms with Crippen molar-refractivity contribution in [3.63, 3.8) is 0 Å². The van der Waals surface area contributed by atoms with Gasteiger partial charge in [0.1, 0.15) is 0 Å². The normalized spacial score (nSPS) is 12.2. The first-order valence-corrected chi connectivity index (χ1v) is 6.59. The van der Waals surface area contributed by atoms with E-state index in [9.17, 15) is 0 Å². The van der Waals surface area contributed by atoms with Crippen LogP contribution in [0.15, 0.2) is 34.3 Å². The summed E-state index contributed by atoms with van der Waals surface area (Å²) in [5.41, 5.74) is 2.70. The lowest BCUT2D eigenvalue weighted by molar-refractivity contribution is 0.617. The van der Waals surface area contributed by atoms with Crippen LogP contribution in [0, 0.1) is 0 Å². The maximum Gasteiger partial charge on any atom is 0.0181 e. The van der Waals surface area contributed by atoms with Gasteiger partial charge in [-0.25, -0.2) is 0 Å². The molecule has 0 atom stereocenters. The van der Waals surface area contributed by atoms with Gasteiger partial charge in [-0.05, 0) is 24.1 Å². The molecule has 16 heavy (non-hydrogen) atoms. The van der Waals surface area contributed by atoms with Crippen LogP contribution in [0.2, 0.25) is 0 Å². The molecule has 0 aliphatic rings. The van der Waals surface area contributed by atoms with Crippen LogP contribution in [0.1, 0.15) is 32.8 Å². The average Bonchev–Trinajstić information content (AvgIpc) is 2.24. The van der Waals surface area contributed by atoms with Crippen molar-refractivity contribution in [3.8, 4) is 0 Å². The molecule has 0 aliphatic heterocycles. The largest absolute Gasteiger partial charge is 0.311 e. The molecule has 0 unspecified atom stereocenters. The molecule has 0 radical (unpaired) electrons. The highest BCUT2D eigenvalue weighted by Gasteiger charge is 1.98. The van der Waals surface area contributed by atoms with Crippen LogP contribution < -0.4 is 5.32 Å². The molecule has 0 saturated heterocycles. The van der Waals surface area contributed by atoms with Crippen LogP contribution in [0.25, 0.3) is 6.08 Å². The quantitative estimate of drug-likeness (QED) is 0.851. The third-order valence-corrected chi connectivity index (χ3v) is 2.90. The first kappa shape index (κ1) is 13.5. The Morgan fingerprint density at radius 2 is 2.19 bits per heavy atom. The van der Waals surface area contributed by atoms with Crippen LogP contribution in [0.3, 0.4) is 0 Å². The molecule has 0 aromatic heterocycles. The van der Waals surface area contributed by atoms with E-state index in [-0.39, 0.29) is 0 Å². The maximum atomic E-state index is 3.49. The molecule has 2 heteroatoms. The van der Waals surface area contributed by atoms with E-state index < -0.39 is 0 Å². The first-order valence-electron chi connectivity index (χ1n) is 5.80. The van der Waals surface area contributed by atoms with Crippen molar-refractivity contribution < 1.29 is 0 Å². The minimum Gasteiger partial charge on any atom is -0.311 e. The van der Waals surface area contributed by atoms with E-state index in [0.717, 1.165) is 17.4 Å². The van der Waals surface area contributed by atoms with Gasteiger partial charge in [0.25, 0.3) is 0 Å². The molecule has 0 fully saturated rings. The number of halogens is 1. The molecule has 0 heterocycles. The van der Waals surface area contributed by atoms with Crippen molar-refractivity contribution in [2.75, 3.05) is 6.54 Å². The molecule has 1 N–H and O–H groups in total. The molecule has 1 nitrogen and oxygen atoms in total. The second kappa shape index (κ2) is 6.87. The van der Waals surface area contributed by atoms with E-state index in [1.165, 1.54) is 11.1 Å². The summed E-state index contributed by atoms with van der Waals surface area (Å²) in [7, 11) is 0. The zero-order valence-electron chi connectivity index (χ0n) is 10.3. The number of benzene rings is 1. The number of nitrogens with one attached hydrogen (secondary N) is 1. The lowest BCUT2D eigenvalue weighted by atomic mass is 10.1. The zero-order valence-corrected chi connectivity index (χ0v) is 11.8. The Hall–Kier alpha value is -0.600. The zero-order chi connectivity index (χ0) is 12.0. The Bertz CT molecular complexity index is 356. The molecular weight excluding hydrogens is 262 g/mol. The Morgan fingerprint density at radius 1 is 1.44 bits per heavy atom. The second-order valence-electron chi connectivity index (χ2n) is 4.25. The van der Waals surface area contributed by atoms with E-state index in [4.69, 9.17) is 0 Å². The summed E-state index contributed by atoms with van der Waals surface area (Å²) in [4.78, 5) is 0. The van der Waals surface area contributed by atoms with Crippen molar-refractivity contribution in [1.82, 2.24) is 5.32 Å². The van der Waals surface area contributed by atoms with E-state index in [1.54, 1.807) is 0 Å². The molecule has 1 aromatic rings. The van der Waals surface area contributed by atoms with Gasteiger partial charge in [-0.2, -0.15) is 0 Å². The van der Waals surface area contributed by atoms with Gasteiger partial charge in [-0.15, -0.1) is 0 Å². The van der Waals surface area contributed by atoms with Crippen LogP contribution >= 0.6 is 15.9 Å². The Labute approximate surface area is 107 Å². The maximum absolute atomic E-state index is 3.49. The van der Waals surface area contributed by atoms with Crippen LogP contribution in [-0.4, -0.2) is 12.6 Å². The third-order valence-electron chi connectivity index (χ3n) is 2.41. The fourth-order valence-electron chi connectivity index (χ4n) is 1.45. The summed E-state index contributed by atoms with van der Waals surface area (Å²) in [5, 5.41) is 3.45. The number of rotatable bonds is 5. The van der Waals surface area contributed by atoms with E-state index in [2.05, 4.69) is 72.4 Å². The van der Waals surface area contributed by atoms with E-state index in [0.29, 0.717) is 6.04 Å². The summed E-state index contributed by atoms with van der Waals surface area (Å²) in [5.74, 6) is 0. The average molecular weight is 282 g/mol. The van der Waals surface area contributed by atoms with Crippen molar-refractivity contribution in [2.45, 2.75) is 33.2 Å². The van der Waals surface area contributed by atoms with Crippen molar-refractivity contribution in [3.05, 3.63) is 39.9 Å². The monoisotopic (exact) mass is 281 g/mol. The summed E-state index contributed by atoms with van der Waals surface area (Å²) in [6.45, 7) is 7.52. The van der Waals surface area contributed by atoms with Gasteiger partial charge in [-0.1, -0.05) is 60.5 Å². The van der Waals surface area contributed by atoms with Gasteiger partial charge < -0.3 is 5.32 Å². The van der Waals surface area contributed by atoms with Gasteiger partial charge in [0.05, 0.1) is 0 Å². The topological polar surface area (TPSA) is 12.0 Å². The molecular formula is C14H20BrN. The lowest BCUT2D eigenvalue weighted by Crippen LogP contribution is -2.24. The summed E-state index contributed by atoms with van der Waals surface area (Å²) in [6.07, 6.45) is 3.35. The summed E-state index contributed by atoms with van der Waals surface area (Å²) in [6, 6.07) is 8.94. The lowest BCUT2D eigenvalue weighted by Gasteiger charge is -2.10. The van der Waals surface area contributed by atoms with Crippen LogP contribution in [-0.2, 0) is 0 Å². The Balaban J connectivity index is 2.71. The highest BCUT2D eigenvalue weighted by atomic mass is 79.9. The van der Waals surface area contributed by atoms with E-state index in [1.807, 2.05) is 0 Å². The number of hydrogen-bond acceptors (Lipinski definition) is 1. The second-order valence-corrected chi connectivity index (χ2v) is 5.16. The fourth-order valence-corrected chi connectivity index (χ4v) is 1.86. The molecule has 0 saturated carbocycles. The van der Waals surface area contributed by atoms with Crippen molar-refractivity contribution >= 4 is 22.0 Å². The van der Waals surface area contributed by atoms with Gasteiger partial charge >= 0.3 is 0 Å². The first-order chi connectivity index (χ1) is 7.61. The minimum absolute atomic E-state index is 0.539. The molecule has 0 aliphatic carbocycles. The third kappa shape index (κ3) is 4.95. The molecule has 0 bridgehead atoms. The van der Waals surface area contributed by atoms with Gasteiger partial charge in [0.15, 0.2) is 0 Å². The standard InChI is InChI=1S/C14H20BrN/c1-4-12(10-16-11(2)3)8-13-6-5-7-14(15)9-13/h5-9,11,16H,4,10H2,1-3H3. The summed E-state index contributed by atoms with van der Waals surface area (Å²) < 4.78 is 1.13. The van der Waals surface area contributed by atoms with Crippen LogP contribution in [0.4, 0.5) is 0 Å². The summed E-state index contributed by atoms with van der Waals surface area (Å²) >= 11 is 3.49. The highest BCUT2D eigenvalue weighted by molar-refractivity contribution is 9.10. The molecule has 88 valence electrons. The Morgan fingerprint density at radius 3 is 2.75 bits per heavy atom. The van der Waals surface area contributed by atoms with Crippen molar-refractivity contribution in [1.29, 1.82) is 0 Å². The van der Waals surface area contributed by atoms with Gasteiger partial charge in [0, 0.05) is 17.1 Å². The van der Waals surface area contributed by atoms with Gasteiger partial charge in [0.2, 0.25) is 0 Å². The fraction of sp³-hybridized carbons (Fsp3) is 0.429. The SMILES string of the molecule is CCC(=Cc1cccc(Br)c1)CNC(C)C. The van der Waals surface area contributed by atoms with Gasteiger partial charge in [-0.3, -0.25) is 0 Å². The van der Waals surface area contributed by atoms with E-state index >= 15 is 0 Å². The number of hydrogen-bond donors (Lipinski definition) is 1. The predicted molar refractivity (Wildman–Crippen MR) is 75.5 cm³/mol. The molecule has 0 amide bonds. The smallest absolute Gasteiger partial charge is 0.0181 e. The van der Waals surface area contributed by atoms with Crippen molar-refractivity contribution in [2.24, 2.45) is 0 Å². The minimum atomic E-state index is 0.539. The molecule has 1 rings (SSSR count). The Kier molecular flexibility index (Phi) is 5.78. The molecule has 1 aromatic carbocycles. The predicted octanol–water partition coefficient (Wildman–Crippen LogP) is 4.24.